The van der Waals surface area contributed by atoms with E-state index in [1.165, 1.54) is 11.3 Å². The van der Waals surface area contributed by atoms with E-state index in [4.69, 9.17) is 10.3 Å². The van der Waals surface area contributed by atoms with Crippen molar-refractivity contribution in [3.63, 3.8) is 0 Å². The summed E-state index contributed by atoms with van der Waals surface area (Å²) < 4.78 is 6.13. The average Bonchev–Trinajstić information content (AvgIpc) is 3.08. The minimum atomic E-state index is 0.393. The molecule has 3 aromatic rings. The number of rotatable bonds is 4. The Morgan fingerprint density at radius 1 is 1.25 bits per heavy atom. The maximum atomic E-state index is 5.50. The highest BCUT2D eigenvalue weighted by atomic mass is 79.9. The first-order valence-corrected chi connectivity index (χ1v) is 7.54. The molecule has 102 valence electrons. The van der Waals surface area contributed by atoms with Crippen molar-refractivity contribution in [1.29, 1.82) is 0 Å². The molecule has 3 aromatic heterocycles. The molecule has 0 unspecified atom stereocenters. The van der Waals surface area contributed by atoms with Crippen LogP contribution in [0.1, 0.15) is 5.01 Å². The van der Waals surface area contributed by atoms with Crippen LogP contribution in [0.4, 0.5) is 0 Å². The minimum Gasteiger partial charge on any atom is -0.332 e. The van der Waals surface area contributed by atoms with Crippen molar-refractivity contribution >= 4 is 27.3 Å². The van der Waals surface area contributed by atoms with Crippen molar-refractivity contribution < 1.29 is 4.52 Å². The second kappa shape index (κ2) is 5.78. The number of nitrogens with two attached hydrogens (primary N) is 1. The summed E-state index contributed by atoms with van der Waals surface area (Å²) in [7, 11) is 0. The van der Waals surface area contributed by atoms with Crippen molar-refractivity contribution in [2.75, 3.05) is 6.54 Å². The van der Waals surface area contributed by atoms with E-state index in [9.17, 15) is 0 Å². The van der Waals surface area contributed by atoms with E-state index in [0.29, 0.717) is 29.6 Å². The predicted molar refractivity (Wildman–Crippen MR) is 79.1 cm³/mol. The molecule has 6 nitrogen and oxygen atoms in total. The third kappa shape index (κ3) is 2.77. The van der Waals surface area contributed by atoms with Gasteiger partial charge in [0.15, 0.2) is 0 Å². The Morgan fingerprint density at radius 2 is 2.15 bits per heavy atom. The standard InChI is InChI=1S/C12H10BrN5OS/c13-7-1-2-8(15-5-7)11-17-12(19-18-11)9-6-20-10(16-9)3-4-14/h1-2,5-6H,3-4,14H2. The summed E-state index contributed by atoms with van der Waals surface area (Å²) >= 11 is 4.87. The van der Waals surface area contributed by atoms with Crippen LogP contribution in [-0.4, -0.2) is 26.7 Å². The molecule has 0 bridgehead atoms. The Bertz CT molecular complexity index is 709. The molecule has 0 saturated carbocycles. The topological polar surface area (TPSA) is 90.7 Å². The fourth-order valence-corrected chi connectivity index (χ4v) is 2.61. The third-order valence-corrected chi connectivity index (χ3v) is 3.89. The molecule has 0 aliphatic heterocycles. The number of pyridine rings is 1. The quantitative estimate of drug-likeness (QED) is 0.776. The number of halogens is 1. The van der Waals surface area contributed by atoms with Crippen molar-refractivity contribution in [3.8, 4) is 23.1 Å². The van der Waals surface area contributed by atoms with Gasteiger partial charge >= 0.3 is 0 Å². The first-order valence-electron chi connectivity index (χ1n) is 5.87. The molecule has 0 saturated heterocycles. The molecule has 0 aliphatic rings. The van der Waals surface area contributed by atoms with Crippen LogP contribution in [-0.2, 0) is 6.42 Å². The smallest absolute Gasteiger partial charge is 0.277 e. The Hall–Kier alpha value is -1.64. The molecule has 0 amide bonds. The highest BCUT2D eigenvalue weighted by Crippen LogP contribution is 2.23. The van der Waals surface area contributed by atoms with Crippen LogP contribution in [0.5, 0.6) is 0 Å². The van der Waals surface area contributed by atoms with Crippen LogP contribution in [0.25, 0.3) is 23.1 Å². The molecule has 0 spiro atoms. The summed E-state index contributed by atoms with van der Waals surface area (Å²) in [6.45, 7) is 0.574. The second-order valence-corrected chi connectivity index (χ2v) is 5.81. The van der Waals surface area contributed by atoms with Gasteiger partial charge in [-0.05, 0) is 34.6 Å². The van der Waals surface area contributed by atoms with Gasteiger partial charge in [-0.2, -0.15) is 4.98 Å². The van der Waals surface area contributed by atoms with Gasteiger partial charge in [0.2, 0.25) is 5.82 Å². The maximum Gasteiger partial charge on any atom is 0.277 e. The normalized spacial score (nSPS) is 10.9. The molecule has 0 radical (unpaired) electrons. The fourth-order valence-electron chi connectivity index (χ4n) is 1.59. The zero-order valence-electron chi connectivity index (χ0n) is 10.3. The lowest BCUT2D eigenvalue weighted by atomic mass is 10.3. The molecule has 2 N–H and O–H groups in total. The molecule has 8 heteroatoms. The number of aromatic nitrogens is 4. The summed E-state index contributed by atoms with van der Waals surface area (Å²) in [5, 5.41) is 6.77. The van der Waals surface area contributed by atoms with E-state index in [-0.39, 0.29) is 0 Å². The van der Waals surface area contributed by atoms with Crippen molar-refractivity contribution in [1.82, 2.24) is 20.1 Å². The van der Waals surface area contributed by atoms with Gasteiger partial charge in [0, 0.05) is 22.5 Å². The minimum absolute atomic E-state index is 0.393. The predicted octanol–water partition coefficient (Wildman–Crippen LogP) is 2.52. The van der Waals surface area contributed by atoms with E-state index in [1.54, 1.807) is 6.20 Å². The van der Waals surface area contributed by atoms with Gasteiger partial charge < -0.3 is 10.3 Å². The first kappa shape index (κ1) is 13.3. The van der Waals surface area contributed by atoms with E-state index in [0.717, 1.165) is 15.9 Å². The fraction of sp³-hybridized carbons (Fsp3) is 0.167. The molecule has 0 aliphatic carbocycles. The molecular weight excluding hydrogens is 342 g/mol. The summed E-state index contributed by atoms with van der Waals surface area (Å²) in [5.74, 6) is 0.838. The van der Waals surface area contributed by atoms with Gasteiger partial charge in [0.05, 0.1) is 5.01 Å². The first-order chi connectivity index (χ1) is 9.76. The third-order valence-electron chi connectivity index (χ3n) is 2.51. The van der Waals surface area contributed by atoms with E-state index in [2.05, 4.69) is 36.0 Å². The van der Waals surface area contributed by atoms with Crippen LogP contribution in [0, 0.1) is 0 Å². The van der Waals surface area contributed by atoms with Crippen LogP contribution in [0.2, 0.25) is 0 Å². The van der Waals surface area contributed by atoms with E-state index < -0.39 is 0 Å². The lowest BCUT2D eigenvalue weighted by Gasteiger charge is -1.92. The lowest BCUT2D eigenvalue weighted by molar-refractivity contribution is 0.431. The summed E-state index contributed by atoms with van der Waals surface area (Å²) in [6.07, 6.45) is 2.44. The van der Waals surface area contributed by atoms with Gasteiger partial charge in [0.25, 0.3) is 5.89 Å². The van der Waals surface area contributed by atoms with E-state index in [1.807, 2.05) is 17.5 Å². The average molecular weight is 352 g/mol. The Labute approximate surface area is 127 Å². The zero-order valence-corrected chi connectivity index (χ0v) is 12.7. The number of nitrogens with zero attached hydrogens (tertiary/aromatic N) is 4. The molecule has 0 aromatic carbocycles. The second-order valence-electron chi connectivity index (χ2n) is 3.95. The summed E-state index contributed by atoms with van der Waals surface area (Å²) in [6, 6.07) is 3.69. The van der Waals surface area contributed by atoms with Crippen LogP contribution >= 0.6 is 27.3 Å². The SMILES string of the molecule is NCCc1nc(-c2nc(-c3ccc(Br)cn3)no2)cs1. The zero-order chi connectivity index (χ0) is 13.9. The molecule has 0 fully saturated rings. The van der Waals surface area contributed by atoms with Crippen molar-refractivity contribution in [2.45, 2.75) is 6.42 Å². The Morgan fingerprint density at radius 3 is 2.90 bits per heavy atom. The summed E-state index contributed by atoms with van der Waals surface area (Å²) in [5.41, 5.74) is 6.83. The van der Waals surface area contributed by atoms with Gasteiger partial charge in [-0.3, -0.25) is 4.98 Å². The molecule has 3 rings (SSSR count). The van der Waals surface area contributed by atoms with Crippen LogP contribution in [0.15, 0.2) is 32.7 Å². The van der Waals surface area contributed by atoms with Crippen molar-refractivity contribution in [3.05, 3.63) is 33.2 Å². The lowest BCUT2D eigenvalue weighted by Crippen LogP contribution is -2.01. The summed E-state index contributed by atoms with van der Waals surface area (Å²) in [4.78, 5) is 12.9. The van der Waals surface area contributed by atoms with Gasteiger partial charge in [-0.25, -0.2) is 4.98 Å². The molecule has 3 heterocycles. The molecule has 0 atom stereocenters. The Kier molecular flexibility index (Phi) is 3.86. The highest BCUT2D eigenvalue weighted by molar-refractivity contribution is 9.10. The monoisotopic (exact) mass is 351 g/mol. The van der Waals surface area contributed by atoms with Crippen LogP contribution < -0.4 is 5.73 Å². The molecular formula is C12H10BrN5OS. The molecule has 20 heavy (non-hydrogen) atoms. The number of hydrogen-bond acceptors (Lipinski definition) is 7. The van der Waals surface area contributed by atoms with Gasteiger partial charge in [-0.1, -0.05) is 5.16 Å². The van der Waals surface area contributed by atoms with Gasteiger partial charge in [-0.15, -0.1) is 11.3 Å². The Balaban J connectivity index is 1.87. The van der Waals surface area contributed by atoms with Gasteiger partial charge in [0.1, 0.15) is 11.4 Å². The van der Waals surface area contributed by atoms with E-state index >= 15 is 0 Å². The largest absolute Gasteiger partial charge is 0.332 e. The number of hydrogen-bond donors (Lipinski definition) is 1. The highest BCUT2D eigenvalue weighted by Gasteiger charge is 2.14. The van der Waals surface area contributed by atoms with Crippen LogP contribution in [0.3, 0.4) is 0 Å². The number of thiazole rings is 1. The van der Waals surface area contributed by atoms with Crippen molar-refractivity contribution in [2.24, 2.45) is 5.73 Å². The maximum absolute atomic E-state index is 5.50.